The molecule has 0 aromatic heterocycles. The van der Waals surface area contributed by atoms with Crippen LogP contribution in [0.1, 0.15) is 18.1 Å². The van der Waals surface area contributed by atoms with E-state index >= 15 is 0 Å². The first-order chi connectivity index (χ1) is 5.34. The maximum Gasteiger partial charge on any atom is 0.0719 e. The summed E-state index contributed by atoms with van der Waals surface area (Å²) in [6.07, 6.45) is 0. The van der Waals surface area contributed by atoms with Crippen LogP contribution in [0, 0.1) is 6.92 Å². The van der Waals surface area contributed by atoms with Crippen molar-refractivity contribution in [2.75, 3.05) is 6.61 Å². The monoisotopic (exact) mass is 149 g/mol. The van der Waals surface area contributed by atoms with E-state index in [-0.39, 0.29) is 0 Å². The summed E-state index contributed by atoms with van der Waals surface area (Å²) in [5.41, 5.74) is 2.23. The van der Waals surface area contributed by atoms with Gasteiger partial charge in [0.1, 0.15) is 0 Å². The fourth-order valence-corrected chi connectivity index (χ4v) is 0.910. The van der Waals surface area contributed by atoms with Crippen LogP contribution in [0.25, 0.3) is 0 Å². The first-order valence-electron chi connectivity index (χ1n) is 3.82. The van der Waals surface area contributed by atoms with Crippen LogP contribution in [0.4, 0.5) is 0 Å². The molecular formula is C10H13O. The zero-order chi connectivity index (χ0) is 8.10. The molecule has 0 aliphatic rings. The van der Waals surface area contributed by atoms with Crippen molar-refractivity contribution in [3.8, 4) is 0 Å². The summed E-state index contributed by atoms with van der Waals surface area (Å²) in [5.74, 6) is 0. The van der Waals surface area contributed by atoms with Crippen molar-refractivity contribution in [1.29, 1.82) is 0 Å². The first kappa shape index (κ1) is 8.28. The molecular weight excluding hydrogens is 136 g/mol. The van der Waals surface area contributed by atoms with E-state index in [0.717, 1.165) is 12.2 Å². The van der Waals surface area contributed by atoms with Crippen LogP contribution >= 0.6 is 0 Å². The molecule has 59 valence electrons. The van der Waals surface area contributed by atoms with Crippen LogP contribution in [0.3, 0.4) is 0 Å². The predicted molar refractivity (Wildman–Crippen MR) is 46.2 cm³/mol. The zero-order valence-electron chi connectivity index (χ0n) is 6.84. The largest absolute Gasteiger partial charge is 0.377 e. The number of ether oxygens (including phenoxy) is 1. The second-order valence-corrected chi connectivity index (χ2v) is 2.41. The minimum atomic E-state index is 0.677. The van der Waals surface area contributed by atoms with Gasteiger partial charge in [0.25, 0.3) is 0 Å². The van der Waals surface area contributed by atoms with Gasteiger partial charge in [-0.3, -0.25) is 0 Å². The molecule has 0 saturated heterocycles. The number of hydrogen-bond acceptors (Lipinski definition) is 1. The molecule has 0 bridgehead atoms. The lowest BCUT2D eigenvalue weighted by Gasteiger charge is -2.03. The molecule has 1 heteroatoms. The predicted octanol–water partition coefficient (Wildman–Crippen LogP) is 2.41. The quantitative estimate of drug-likeness (QED) is 0.641. The average Bonchev–Trinajstić information content (AvgIpc) is 2.03. The van der Waals surface area contributed by atoms with Crippen LogP contribution in [0.2, 0.25) is 0 Å². The van der Waals surface area contributed by atoms with Gasteiger partial charge in [0.2, 0.25) is 0 Å². The van der Waals surface area contributed by atoms with Crippen LogP contribution < -0.4 is 0 Å². The van der Waals surface area contributed by atoms with Crippen LogP contribution in [-0.2, 0) is 11.3 Å². The number of rotatable bonds is 3. The van der Waals surface area contributed by atoms with Crippen molar-refractivity contribution < 1.29 is 4.74 Å². The third kappa shape index (κ3) is 2.35. The minimum absolute atomic E-state index is 0.677. The van der Waals surface area contributed by atoms with Crippen molar-refractivity contribution in [2.24, 2.45) is 0 Å². The highest BCUT2D eigenvalue weighted by Gasteiger charge is 1.94. The van der Waals surface area contributed by atoms with Crippen molar-refractivity contribution in [2.45, 2.75) is 13.5 Å². The summed E-state index contributed by atoms with van der Waals surface area (Å²) in [5, 5.41) is 0. The maximum absolute atomic E-state index is 5.26. The Morgan fingerprint density at radius 3 is 2.73 bits per heavy atom. The Kier molecular flexibility index (Phi) is 3.12. The molecule has 0 heterocycles. The molecule has 0 N–H and O–H groups in total. The van der Waals surface area contributed by atoms with E-state index in [1.54, 1.807) is 0 Å². The van der Waals surface area contributed by atoms with Crippen molar-refractivity contribution in [3.05, 3.63) is 42.3 Å². The van der Waals surface area contributed by atoms with E-state index in [1.165, 1.54) is 5.56 Å². The Labute approximate surface area is 68.0 Å². The van der Waals surface area contributed by atoms with E-state index < -0.39 is 0 Å². The van der Waals surface area contributed by atoms with E-state index in [1.807, 2.05) is 31.2 Å². The number of benzene rings is 1. The normalized spacial score (nSPS) is 10.0. The molecule has 1 nitrogen and oxygen atoms in total. The maximum atomic E-state index is 5.26. The zero-order valence-corrected chi connectivity index (χ0v) is 6.84. The first-order valence-corrected chi connectivity index (χ1v) is 3.82. The van der Waals surface area contributed by atoms with Gasteiger partial charge in [0.15, 0.2) is 0 Å². The molecule has 0 aliphatic heterocycles. The Morgan fingerprint density at radius 1 is 1.36 bits per heavy atom. The summed E-state index contributed by atoms with van der Waals surface area (Å²) in [6, 6.07) is 8.02. The lowest BCUT2D eigenvalue weighted by atomic mass is 10.1. The molecule has 0 aliphatic carbocycles. The SMILES string of the molecule is [CH2]c1ccccc1COCC. The van der Waals surface area contributed by atoms with Gasteiger partial charge in [-0.2, -0.15) is 0 Å². The van der Waals surface area contributed by atoms with Crippen molar-refractivity contribution in [1.82, 2.24) is 0 Å². The second kappa shape index (κ2) is 4.14. The molecule has 1 aromatic carbocycles. The topological polar surface area (TPSA) is 9.23 Å². The highest BCUT2D eigenvalue weighted by molar-refractivity contribution is 5.28. The summed E-state index contributed by atoms with van der Waals surface area (Å²) < 4.78 is 5.26. The lowest BCUT2D eigenvalue weighted by molar-refractivity contribution is 0.134. The van der Waals surface area contributed by atoms with Crippen LogP contribution in [0.15, 0.2) is 24.3 Å². The molecule has 0 atom stereocenters. The Morgan fingerprint density at radius 2 is 2.09 bits per heavy atom. The Balaban J connectivity index is 2.62. The van der Waals surface area contributed by atoms with Crippen molar-refractivity contribution >= 4 is 0 Å². The standard InChI is InChI=1S/C10H13O/c1-3-11-8-10-7-5-4-6-9(10)2/h4-7H,2-3,8H2,1H3. The van der Waals surface area contributed by atoms with Crippen LogP contribution in [-0.4, -0.2) is 6.61 Å². The third-order valence-electron chi connectivity index (χ3n) is 1.58. The number of hydrogen-bond donors (Lipinski definition) is 0. The lowest BCUT2D eigenvalue weighted by Crippen LogP contribution is -1.93. The fraction of sp³-hybridized carbons (Fsp3) is 0.300. The van der Waals surface area contributed by atoms with Gasteiger partial charge in [0, 0.05) is 6.61 Å². The van der Waals surface area contributed by atoms with E-state index in [9.17, 15) is 0 Å². The second-order valence-electron chi connectivity index (χ2n) is 2.41. The fourth-order valence-electron chi connectivity index (χ4n) is 0.910. The molecule has 0 unspecified atom stereocenters. The minimum Gasteiger partial charge on any atom is -0.377 e. The van der Waals surface area contributed by atoms with Gasteiger partial charge in [-0.1, -0.05) is 24.3 Å². The van der Waals surface area contributed by atoms with Gasteiger partial charge < -0.3 is 4.74 Å². The molecule has 1 radical (unpaired) electrons. The molecule has 0 saturated carbocycles. The average molecular weight is 149 g/mol. The Bertz CT molecular complexity index is 218. The van der Waals surface area contributed by atoms with Crippen molar-refractivity contribution in [3.63, 3.8) is 0 Å². The molecule has 0 fully saturated rings. The van der Waals surface area contributed by atoms with Gasteiger partial charge in [0.05, 0.1) is 6.61 Å². The molecule has 11 heavy (non-hydrogen) atoms. The van der Waals surface area contributed by atoms with Crippen LogP contribution in [0.5, 0.6) is 0 Å². The highest BCUT2D eigenvalue weighted by atomic mass is 16.5. The summed E-state index contributed by atoms with van der Waals surface area (Å²) in [6.45, 7) is 7.32. The molecule has 1 aromatic rings. The third-order valence-corrected chi connectivity index (χ3v) is 1.58. The molecule has 1 rings (SSSR count). The van der Waals surface area contributed by atoms with Gasteiger partial charge >= 0.3 is 0 Å². The van der Waals surface area contributed by atoms with E-state index in [0.29, 0.717) is 6.61 Å². The summed E-state index contributed by atoms with van der Waals surface area (Å²) in [7, 11) is 0. The molecule has 0 amide bonds. The molecule has 0 spiro atoms. The van der Waals surface area contributed by atoms with E-state index in [4.69, 9.17) is 4.74 Å². The Hall–Kier alpha value is -0.820. The van der Waals surface area contributed by atoms with Gasteiger partial charge in [-0.25, -0.2) is 0 Å². The summed E-state index contributed by atoms with van der Waals surface area (Å²) >= 11 is 0. The summed E-state index contributed by atoms with van der Waals surface area (Å²) in [4.78, 5) is 0. The van der Waals surface area contributed by atoms with Gasteiger partial charge in [-0.05, 0) is 25.0 Å². The highest BCUT2D eigenvalue weighted by Crippen LogP contribution is 2.07. The van der Waals surface area contributed by atoms with E-state index in [2.05, 4.69) is 6.92 Å². The van der Waals surface area contributed by atoms with Gasteiger partial charge in [-0.15, -0.1) is 0 Å². The smallest absolute Gasteiger partial charge is 0.0719 e.